The highest BCUT2D eigenvalue weighted by Gasteiger charge is 2.38. The molecule has 1 aromatic rings. The summed E-state index contributed by atoms with van der Waals surface area (Å²) in [5, 5.41) is 17.4. The molecule has 2 rings (SSSR count). The van der Waals surface area contributed by atoms with E-state index in [4.69, 9.17) is 16.3 Å². The number of likely N-dealkylation sites (N-methyl/N-ethyl adjacent to an activating group) is 1. The molecule has 6 nitrogen and oxygen atoms in total. The molecule has 1 unspecified atom stereocenters. The third-order valence-electron chi connectivity index (χ3n) is 3.64. The first-order valence-electron chi connectivity index (χ1n) is 7.39. The van der Waals surface area contributed by atoms with Crippen molar-refractivity contribution >= 4 is 34.8 Å². The number of aliphatic hydroxyl groups excluding tert-OH is 1. The average molecular weight is 371 g/mol. The Kier molecular flexibility index (Phi) is 6.04. The molecule has 8 heteroatoms. The van der Waals surface area contributed by atoms with Crippen molar-refractivity contribution in [2.45, 2.75) is 19.8 Å². The zero-order chi connectivity index (χ0) is 17.9. The number of rotatable bonds is 5. The Morgan fingerprint density at radius 1 is 1.46 bits per heavy atom. The minimum Gasteiger partial charge on any atom is -0.463 e. The van der Waals surface area contributed by atoms with Gasteiger partial charge in [-0.05, 0) is 19.9 Å². The van der Waals surface area contributed by atoms with Gasteiger partial charge in [-0.3, -0.25) is 4.79 Å². The van der Waals surface area contributed by atoms with E-state index in [0.717, 1.165) is 4.88 Å². The molecule has 1 aliphatic rings. The monoisotopic (exact) mass is 370 g/mol. The largest absolute Gasteiger partial charge is 0.463 e. The minimum absolute atomic E-state index is 0.222. The first kappa shape index (κ1) is 18.5. The van der Waals surface area contributed by atoms with E-state index in [1.807, 2.05) is 0 Å². The van der Waals surface area contributed by atoms with E-state index in [2.05, 4.69) is 10.6 Å². The summed E-state index contributed by atoms with van der Waals surface area (Å²) in [4.78, 5) is 25.7. The quantitative estimate of drug-likeness (QED) is 0.689. The van der Waals surface area contributed by atoms with Crippen LogP contribution in [0.25, 0.3) is 0 Å². The second kappa shape index (κ2) is 7.83. The molecule has 0 aromatic carbocycles. The second-order valence-electron chi connectivity index (χ2n) is 5.11. The van der Waals surface area contributed by atoms with Crippen molar-refractivity contribution in [1.29, 1.82) is 0 Å². The molecule has 0 saturated carbocycles. The van der Waals surface area contributed by atoms with Gasteiger partial charge in [-0.2, -0.15) is 0 Å². The lowest BCUT2D eigenvalue weighted by Crippen LogP contribution is -2.36. The third kappa shape index (κ3) is 3.48. The van der Waals surface area contributed by atoms with Crippen LogP contribution in [0.5, 0.6) is 0 Å². The van der Waals surface area contributed by atoms with E-state index in [1.54, 1.807) is 25.3 Å². The number of carbonyl (C=O) groups excluding carboxylic acids is 2. The number of ether oxygens (including phenoxy) is 1. The number of nitrogens with one attached hydrogen (secondary N) is 2. The molecular formula is C16H19ClN2O4S. The summed E-state index contributed by atoms with van der Waals surface area (Å²) in [7, 11) is 1.50. The lowest BCUT2D eigenvalue weighted by molar-refractivity contribution is -0.138. The van der Waals surface area contributed by atoms with E-state index in [9.17, 15) is 14.7 Å². The van der Waals surface area contributed by atoms with Crippen LogP contribution in [-0.2, 0) is 14.3 Å². The van der Waals surface area contributed by atoms with E-state index in [0.29, 0.717) is 22.0 Å². The number of thiophene rings is 1. The van der Waals surface area contributed by atoms with Crippen LogP contribution in [0.4, 0.5) is 0 Å². The highest BCUT2D eigenvalue weighted by molar-refractivity contribution is 7.10. The van der Waals surface area contributed by atoms with Crippen molar-refractivity contribution in [2.75, 3.05) is 20.3 Å². The fourth-order valence-corrected chi connectivity index (χ4v) is 3.87. The molecule has 0 saturated heterocycles. The molecule has 1 aromatic heterocycles. The van der Waals surface area contributed by atoms with Crippen LogP contribution in [0, 0.1) is 0 Å². The van der Waals surface area contributed by atoms with Crippen LogP contribution in [0.1, 0.15) is 24.6 Å². The summed E-state index contributed by atoms with van der Waals surface area (Å²) in [5.74, 6) is -1.53. The second-order valence-corrected chi connectivity index (χ2v) is 6.49. The van der Waals surface area contributed by atoms with Crippen molar-refractivity contribution < 1.29 is 19.4 Å². The normalized spacial score (nSPS) is 17.6. The molecule has 3 N–H and O–H groups in total. The maximum absolute atomic E-state index is 12.5. The predicted octanol–water partition coefficient (Wildman–Crippen LogP) is 1.92. The first-order valence-corrected chi connectivity index (χ1v) is 8.65. The Labute approximate surface area is 149 Å². The zero-order valence-electron chi connectivity index (χ0n) is 13.6. The first-order chi connectivity index (χ1) is 11.4. The van der Waals surface area contributed by atoms with E-state index in [1.165, 1.54) is 18.4 Å². The van der Waals surface area contributed by atoms with E-state index < -0.39 is 11.9 Å². The molecule has 0 bridgehead atoms. The Hall–Kier alpha value is -1.83. The van der Waals surface area contributed by atoms with Gasteiger partial charge in [0.25, 0.3) is 0 Å². The Morgan fingerprint density at radius 2 is 2.17 bits per heavy atom. The van der Waals surface area contributed by atoms with Gasteiger partial charge in [0.1, 0.15) is 0 Å². The van der Waals surface area contributed by atoms with Crippen LogP contribution in [-0.4, -0.2) is 37.2 Å². The van der Waals surface area contributed by atoms with Gasteiger partial charge >= 0.3 is 5.97 Å². The van der Waals surface area contributed by atoms with Gasteiger partial charge in [0.05, 0.1) is 41.0 Å². The molecule has 1 atom stereocenters. The molecule has 0 fully saturated rings. The summed E-state index contributed by atoms with van der Waals surface area (Å²) < 4.78 is 5.16. The Morgan fingerprint density at radius 3 is 2.67 bits per heavy atom. The third-order valence-corrected chi connectivity index (χ3v) is 4.99. The van der Waals surface area contributed by atoms with E-state index in [-0.39, 0.29) is 24.7 Å². The van der Waals surface area contributed by atoms with Crippen molar-refractivity contribution in [1.82, 2.24) is 10.6 Å². The van der Waals surface area contributed by atoms with Crippen LogP contribution >= 0.6 is 22.9 Å². The van der Waals surface area contributed by atoms with Gasteiger partial charge < -0.3 is 20.5 Å². The van der Waals surface area contributed by atoms with Crippen LogP contribution in [0.15, 0.2) is 34.0 Å². The minimum atomic E-state index is -0.648. The molecule has 1 amide bonds. The van der Waals surface area contributed by atoms with Crippen LogP contribution in [0.2, 0.25) is 5.02 Å². The molecule has 24 heavy (non-hydrogen) atoms. The molecule has 1 aliphatic heterocycles. The van der Waals surface area contributed by atoms with E-state index >= 15 is 0 Å². The fourth-order valence-electron chi connectivity index (χ4n) is 2.67. The highest BCUT2D eigenvalue weighted by atomic mass is 35.5. The highest BCUT2D eigenvalue weighted by Crippen LogP contribution is 2.41. The summed E-state index contributed by atoms with van der Waals surface area (Å²) in [6.45, 7) is 3.30. The summed E-state index contributed by atoms with van der Waals surface area (Å²) in [6, 6.07) is 1.71. The topological polar surface area (TPSA) is 87.7 Å². The predicted molar refractivity (Wildman–Crippen MR) is 92.7 cm³/mol. The summed E-state index contributed by atoms with van der Waals surface area (Å²) in [5.41, 5.74) is 1.52. The molecule has 130 valence electrons. The maximum Gasteiger partial charge on any atom is 0.336 e. The smallest absolute Gasteiger partial charge is 0.336 e. The van der Waals surface area contributed by atoms with Crippen molar-refractivity contribution in [2.24, 2.45) is 0 Å². The van der Waals surface area contributed by atoms with Crippen molar-refractivity contribution in [3.05, 3.63) is 43.9 Å². The average Bonchev–Trinajstić information content (AvgIpc) is 2.99. The molecular weight excluding hydrogens is 352 g/mol. The Balaban J connectivity index is 2.65. The number of dihydropyridines is 1. The SMILES string of the molecule is CCOC(=O)C1=C(C)NC(CO)=C(C(=O)NC)C1c1cc(Cl)cs1. The lowest BCUT2D eigenvalue weighted by atomic mass is 9.83. The molecule has 0 aliphatic carbocycles. The lowest BCUT2D eigenvalue weighted by Gasteiger charge is -2.30. The summed E-state index contributed by atoms with van der Waals surface area (Å²) >= 11 is 7.38. The number of esters is 1. The number of hydrogen-bond donors (Lipinski definition) is 3. The Bertz CT molecular complexity index is 723. The number of aliphatic hydroxyl groups is 1. The molecule has 2 heterocycles. The van der Waals surface area contributed by atoms with Gasteiger partial charge in [-0.15, -0.1) is 11.3 Å². The standard InChI is InChI=1S/C16H19ClN2O4S/c1-4-23-16(22)12-8(2)19-10(6-20)13(15(21)18-3)14(12)11-5-9(17)7-24-11/h5,7,14,19-20H,4,6H2,1-3H3,(H,18,21). The number of halogens is 1. The zero-order valence-corrected chi connectivity index (χ0v) is 15.2. The van der Waals surface area contributed by atoms with Crippen molar-refractivity contribution in [3.63, 3.8) is 0 Å². The van der Waals surface area contributed by atoms with Crippen LogP contribution < -0.4 is 10.6 Å². The van der Waals surface area contributed by atoms with Gasteiger partial charge in [0, 0.05) is 23.0 Å². The molecule has 0 spiro atoms. The number of carbonyl (C=O) groups is 2. The molecule has 0 radical (unpaired) electrons. The van der Waals surface area contributed by atoms with Crippen LogP contribution in [0.3, 0.4) is 0 Å². The van der Waals surface area contributed by atoms with Gasteiger partial charge in [0.15, 0.2) is 0 Å². The number of amides is 1. The number of hydrogen-bond acceptors (Lipinski definition) is 6. The van der Waals surface area contributed by atoms with Gasteiger partial charge in [-0.25, -0.2) is 4.79 Å². The maximum atomic E-state index is 12.5. The summed E-state index contributed by atoms with van der Waals surface area (Å²) in [6.07, 6.45) is 0. The van der Waals surface area contributed by atoms with Gasteiger partial charge in [-0.1, -0.05) is 11.6 Å². The van der Waals surface area contributed by atoms with Gasteiger partial charge in [0.2, 0.25) is 5.91 Å². The van der Waals surface area contributed by atoms with Crippen molar-refractivity contribution in [3.8, 4) is 0 Å². The fraction of sp³-hybridized carbons (Fsp3) is 0.375. The number of allylic oxidation sites excluding steroid dienone is 1.